The van der Waals surface area contributed by atoms with Crippen LogP contribution in [0.2, 0.25) is 0 Å². The van der Waals surface area contributed by atoms with Crippen molar-refractivity contribution in [2.75, 3.05) is 33.7 Å². The Bertz CT molecular complexity index is 470. The summed E-state index contributed by atoms with van der Waals surface area (Å²) in [6, 6.07) is 6.41. The number of benzene rings is 1. The fourth-order valence-corrected chi connectivity index (χ4v) is 2.43. The Morgan fingerprint density at radius 3 is 2.79 bits per heavy atom. The fourth-order valence-electron chi connectivity index (χ4n) is 2.43. The zero-order chi connectivity index (χ0) is 14.0. The summed E-state index contributed by atoms with van der Waals surface area (Å²) in [5, 5.41) is 3.32. The molecule has 1 N–H and O–H groups in total. The monoisotopic (exact) mass is 261 g/mol. The number of rotatable bonds is 4. The highest BCUT2D eigenvalue weighted by molar-refractivity contribution is 5.81. The van der Waals surface area contributed by atoms with Crippen LogP contribution in [0.5, 0.6) is 0 Å². The van der Waals surface area contributed by atoms with Gasteiger partial charge in [0.25, 0.3) is 0 Å². The van der Waals surface area contributed by atoms with Crippen LogP contribution in [-0.4, -0.2) is 49.4 Å². The molecule has 104 valence electrons. The summed E-state index contributed by atoms with van der Waals surface area (Å²) in [5.74, 6) is 0.188. The third-order valence-corrected chi connectivity index (χ3v) is 3.60. The van der Waals surface area contributed by atoms with Crippen molar-refractivity contribution in [3.63, 3.8) is 0 Å². The quantitative estimate of drug-likeness (QED) is 0.887. The molecule has 4 nitrogen and oxygen atoms in total. The van der Waals surface area contributed by atoms with Crippen molar-refractivity contribution in [3.05, 3.63) is 34.9 Å². The van der Waals surface area contributed by atoms with Crippen molar-refractivity contribution in [1.29, 1.82) is 0 Å². The van der Waals surface area contributed by atoms with Crippen LogP contribution in [0.1, 0.15) is 22.9 Å². The van der Waals surface area contributed by atoms with Gasteiger partial charge in [0.2, 0.25) is 5.91 Å². The minimum Gasteiger partial charge on any atom is -0.321 e. The highest BCUT2D eigenvalue weighted by Gasteiger charge is 2.31. The Labute approximate surface area is 115 Å². The molecule has 0 bridgehead atoms. The minimum absolute atomic E-state index is 0.0207. The Morgan fingerprint density at radius 1 is 1.37 bits per heavy atom. The number of amides is 1. The van der Waals surface area contributed by atoms with E-state index in [1.165, 1.54) is 16.7 Å². The van der Waals surface area contributed by atoms with E-state index >= 15 is 0 Å². The molecule has 1 aromatic rings. The molecule has 0 saturated carbocycles. The van der Waals surface area contributed by atoms with Crippen LogP contribution in [0.4, 0.5) is 0 Å². The van der Waals surface area contributed by atoms with Gasteiger partial charge >= 0.3 is 0 Å². The first-order valence-electron chi connectivity index (χ1n) is 6.74. The average molecular weight is 261 g/mol. The second-order valence-electron chi connectivity index (χ2n) is 5.53. The number of hydrogen-bond donors (Lipinski definition) is 1. The highest BCUT2D eigenvalue weighted by Crippen LogP contribution is 2.25. The summed E-state index contributed by atoms with van der Waals surface area (Å²) >= 11 is 0. The third kappa shape index (κ3) is 3.14. The molecular weight excluding hydrogens is 238 g/mol. The van der Waals surface area contributed by atoms with Gasteiger partial charge < -0.3 is 9.80 Å². The second-order valence-corrected chi connectivity index (χ2v) is 5.53. The maximum absolute atomic E-state index is 12.0. The van der Waals surface area contributed by atoms with E-state index < -0.39 is 0 Å². The van der Waals surface area contributed by atoms with Gasteiger partial charge in [-0.3, -0.25) is 10.1 Å². The van der Waals surface area contributed by atoms with Gasteiger partial charge in [-0.15, -0.1) is 0 Å². The molecule has 1 aromatic carbocycles. The molecule has 1 aliphatic heterocycles. The largest absolute Gasteiger partial charge is 0.321 e. The molecule has 0 radical (unpaired) electrons. The summed E-state index contributed by atoms with van der Waals surface area (Å²) in [7, 11) is 4.06. The first-order valence-corrected chi connectivity index (χ1v) is 6.74. The van der Waals surface area contributed by atoms with Crippen LogP contribution < -0.4 is 5.32 Å². The molecule has 1 fully saturated rings. The van der Waals surface area contributed by atoms with Crippen LogP contribution in [-0.2, 0) is 4.79 Å². The molecule has 1 atom stereocenters. The van der Waals surface area contributed by atoms with Gasteiger partial charge in [0.1, 0.15) is 6.17 Å². The van der Waals surface area contributed by atoms with Gasteiger partial charge in [0.15, 0.2) is 0 Å². The Kier molecular flexibility index (Phi) is 4.22. The lowest BCUT2D eigenvalue weighted by atomic mass is 10.0. The zero-order valence-electron chi connectivity index (χ0n) is 12.2. The molecule has 1 unspecified atom stereocenters. The molecule has 1 amide bonds. The summed E-state index contributed by atoms with van der Waals surface area (Å²) < 4.78 is 0. The zero-order valence-corrected chi connectivity index (χ0v) is 12.2. The molecule has 1 heterocycles. The lowest BCUT2D eigenvalue weighted by Gasteiger charge is -2.27. The first kappa shape index (κ1) is 14.0. The third-order valence-electron chi connectivity index (χ3n) is 3.60. The van der Waals surface area contributed by atoms with E-state index in [-0.39, 0.29) is 12.1 Å². The van der Waals surface area contributed by atoms with E-state index in [4.69, 9.17) is 0 Å². The van der Waals surface area contributed by atoms with Crippen molar-refractivity contribution in [1.82, 2.24) is 15.1 Å². The summed E-state index contributed by atoms with van der Waals surface area (Å²) in [4.78, 5) is 16.1. The molecule has 0 aromatic heterocycles. The van der Waals surface area contributed by atoms with Gasteiger partial charge in [-0.25, -0.2) is 0 Å². The number of nitrogens with one attached hydrogen (secondary N) is 1. The number of hydrogen-bond acceptors (Lipinski definition) is 3. The maximum atomic E-state index is 12.0. The second kappa shape index (κ2) is 5.72. The number of carbonyl (C=O) groups excluding carboxylic acids is 1. The van der Waals surface area contributed by atoms with Crippen LogP contribution in [0.15, 0.2) is 18.2 Å². The number of aryl methyl sites for hydroxylation is 2. The van der Waals surface area contributed by atoms with Gasteiger partial charge in [-0.05, 0) is 39.1 Å². The molecule has 0 spiro atoms. The predicted octanol–water partition coefficient (Wildman–Crippen LogP) is 1.30. The van der Waals surface area contributed by atoms with Crippen LogP contribution >= 0.6 is 0 Å². The topological polar surface area (TPSA) is 35.6 Å². The van der Waals surface area contributed by atoms with Crippen molar-refractivity contribution in [2.24, 2.45) is 0 Å². The van der Waals surface area contributed by atoms with Gasteiger partial charge in [-0.1, -0.05) is 23.8 Å². The fraction of sp³-hybridized carbons (Fsp3) is 0.533. The standard InChI is InChI=1S/C15H23N3O/c1-11-5-6-12(2)13(9-11)15-16-10-14(19)18(15)8-7-17(3)4/h5-6,9,15-16H,7-8,10H2,1-4H3. The van der Waals surface area contributed by atoms with Crippen LogP contribution in [0.3, 0.4) is 0 Å². The Hall–Kier alpha value is -1.39. The van der Waals surface area contributed by atoms with Gasteiger partial charge in [0.05, 0.1) is 6.54 Å². The lowest BCUT2D eigenvalue weighted by Crippen LogP contribution is -2.36. The number of nitrogens with zero attached hydrogens (tertiary/aromatic N) is 2. The predicted molar refractivity (Wildman–Crippen MR) is 76.9 cm³/mol. The van der Waals surface area contributed by atoms with Crippen molar-refractivity contribution in [2.45, 2.75) is 20.0 Å². The molecule has 2 rings (SSSR count). The summed E-state index contributed by atoms with van der Waals surface area (Å²) in [6.07, 6.45) is 0.0207. The smallest absolute Gasteiger partial charge is 0.238 e. The van der Waals surface area contributed by atoms with Gasteiger partial charge in [-0.2, -0.15) is 0 Å². The van der Waals surface area contributed by atoms with E-state index in [0.29, 0.717) is 6.54 Å². The molecule has 1 aliphatic rings. The average Bonchev–Trinajstić information content (AvgIpc) is 2.71. The van der Waals surface area contributed by atoms with Gasteiger partial charge in [0, 0.05) is 13.1 Å². The molecule has 4 heteroatoms. The van der Waals surface area contributed by atoms with E-state index in [1.54, 1.807) is 0 Å². The Balaban J connectivity index is 2.22. The molecular formula is C15H23N3O. The van der Waals surface area contributed by atoms with E-state index in [9.17, 15) is 4.79 Å². The molecule has 1 saturated heterocycles. The van der Waals surface area contributed by atoms with Crippen LogP contribution in [0, 0.1) is 13.8 Å². The van der Waals surface area contributed by atoms with E-state index in [1.807, 2.05) is 19.0 Å². The van der Waals surface area contributed by atoms with E-state index in [0.717, 1.165) is 13.1 Å². The maximum Gasteiger partial charge on any atom is 0.238 e. The first-order chi connectivity index (χ1) is 8.99. The van der Waals surface area contributed by atoms with Crippen molar-refractivity contribution >= 4 is 5.91 Å². The normalized spacial score (nSPS) is 19.5. The van der Waals surface area contributed by atoms with E-state index in [2.05, 4.69) is 42.3 Å². The van der Waals surface area contributed by atoms with Crippen molar-refractivity contribution < 1.29 is 4.79 Å². The molecule has 19 heavy (non-hydrogen) atoms. The highest BCUT2D eigenvalue weighted by atomic mass is 16.2. The Morgan fingerprint density at radius 2 is 2.11 bits per heavy atom. The number of likely N-dealkylation sites (N-methyl/N-ethyl adjacent to an activating group) is 1. The summed E-state index contributed by atoms with van der Waals surface area (Å²) in [6.45, 7) is 6.27. The summed E-state index contributed by atoms with van der Waals surface area (Å²) in [5.41, 5.74) is 3.67. The molecule has 0 aliphatic carbocycles. The number of carbonyl (C=O) groups is 1. The SMILES string of the molecule is Cc1ccc(C)c(C2NCC(=O)N2CCN(C)C)c1. The van der Waals surface area contributed by atoms with Crippen molar-refractivity contribution in [3.8, 4) is 0 Å². The minimum atomic E-state index is 0.0207. The van der Waals surface area contributed by atoms with Crippen LogP contribution in [0.25, 0.3) is 0 Å². The lowest BCUT2D eigenvalue weighted by molar-refractivity contribution is -0.128.